The minimum absolute atomic E-state index is 0.0411. The Morgan fingerprint density at radius 2 is 2.21 bits per heavy atom. The van der Waals surface area contributed by atoms with Gasteiger partial charge in [0.15, 0.2) is 0 Å². The van der Waals surface area contributed by atoms with E-state index in [1.165, 1.54) is 12.1 Å². The number of fused-ring (bicyclic) bond motifs is 1. The number of nitrogens with one attached hydrogen (secondary N) is 1. The standard InChI is InChI=1S/C11H12FNO/c1-3-11(2)8-6-7(12)4-5-9(8)13-10(11)14/h4-6H,3H2,1-2H3,(H,13,14). The Morgan fingerprint density at radius 1 is 1.50 bits per heavy atom. The Balaban J connectivity index is 2.61. The summed E-state index contributed by atoms with van der Waals surface area (Å²) < 4.78 is 13.0. The lowest BCUT2D eigenvalue weighted by Gasteiger charge is -2.19. The Morgan fingerprint density at radius 3 is 2.86 bits per heavy atom. The van der Waals surface area contributed by atoms with E-state index in [1.54, 1.807) is 6.07 Å². The van der Waals surface area contributed by atoms with E-state index in [0.29, 0.717) is 6.42 Å². The minimum atomic E-state index is -0.572. The Labute approximate surface area is 82.1 Å². The second kappa shape index (κ2) is 2.80. The summed E-state index contributed by atoms with van der Waals surface area (Å²) >= 11 is 0. The van der Waals surface area contributed by atoms with Gasteiger partial charge in [-0.15, -0.1) is 0 Å². The highest BCUT2D eigenvalue weighted by molar-refractivity contribution is 6.05. The molecule has 0 bridgehead atoms. The lowest BCUT2D eigenvalue weighted by Crippen LogP contribution is -2.29. The lowest BCUT2D eigenvalue weighted by atomic mass is 9.81. The van der Waals surface area contributed by atoms with Crippen molar-refractivity contribution in [3.05, 3.63) is 29.6 Å². The molecule has 0 saturated carbocycles. The number of rotatable bonds is 1. The fourth-order valence-corrected chi connectivity index (χ4v) is 1.82. The maximum Gasteiger partial charge on any atom is 0.234 e. The van der Waals surface area contributed by atoms with Crippen LogP contribution in [0.4, 0.5) is 10.1 Å². The first-order valence-electron chi connectivity index (χ1n) is 4.69. The first kappa shape index (κ1) is 9.19. The molecule has 2 nitrogen and oxygen atoms in total. The van der Waals surface area contributed by atoms with Gasteiger partial charge in [-0.05, 0) is 37.1 Å². The van der Waals surface area contributed by atoms with Gasteiger partial charge in [0, 0.05) is 5.69 Å². The van der Waals surface area contributed by atoms with E-state index < -0.39 is 5.41 Å². The molecule has 1 heterocycles. The molecule has 0 aliphatic carbocycles. The van der Waals surface area contributed by atoms with Crippen LogP contribution in [0.15, 0.2) is 18.2 Å². The van der Waals surface area contributed by atoms with Gasteiger partial charge in [0.25, 0.3) is 0 Å². The number of benzene rings is 1. The van der Waals surface area contributed by atoms with Gasteiger partial charge in [0.05, 0.1) is 5.41 Å². The number of carbonyl (C=O) groups is 1. The highest BCUT2D eigenvalue weighted by atomic mass is 19.1. The van der Waals surface area contributed by atoms with Crippen molar-refractivity contribution in [2.24, 2.45) is 0 Å². The van der Waals surface area contributed by atoms with E-state index in [1.807, 2.05) is 13.8 Å². The van der Waals surface area contributed by atoms with Crippen LogP contribution in [0.2, 0.25) is 0 Å². The van der Waals surface area contributed by atoms with Crippen molar-refractivity contribution in [3.63, 3.8) is 0 Å². The van der Waals surface area contributed by atoms with Crippen molar-refractivity contribution in [1.29, 1.82) is 0 Å². The minimum Gasteiger partial charge on any atom is -0.325 e. The predicted molar refractivity (Wildman–Crippen MR) is 52.7 cm³/mol. The third-order valence-electron chi connectivity index (χ3n) is 3.03. The van der Waals surface area contributed by atoms with Gasteiger partial charge in [-0.1, -0.05) is 6.92 Å². The highest BCUT2D eigenvalue weighted by Crippen LogP contribution is 2.39. The molecule has 74 valence electrons. The monoisotopic (exact) mass is 193 g/mol. The molecule has 1 amide bonds. The first-order valence-corrected chi connectivity index (χ1v) is 4.69. The molecular formula is C11H12FNO. The van der Waals surface area contributed by atoms with Crippen molar-refractivity contribution >= 4 is 11.6 Å². The van der Waals surface area contributed by atoms with Crippen molar-refractivity contribution in [3.8, 4) is 0 Å². The second-order valence-electron chi connectivity index (χ2n) is 3.83. The number of amides is 1. The number of halogens is 1. The van der Waals surface area contributed by atoms with E-state index in [4.69, 9.17) is 0 Å². The molecular weight excluding hydrogens is 181 g/mol. The van der Waals surface area contributed by atoms with Gasteiger partial charge in [0.1, 0.15) is 5.82 Å². The number of carbonyl (C=O) groups excluding carboxylic acids is 1. The van der Waals surface area contributed by atoms with Crippen LogP contribution in [-0.4, -0.2) is 5.91 Å². The topological polar surface area (TPSA) is 29.1 Å². The Hall–Kier alpha value is -1.38. The quantitative estimate of drug-likeness (QED) is 0.729. The summed E-state index contributed by atoms with van der Waals surface area (Å²) in [6.45, 7) is 3.77. The van der Waals surface area contributed by atoms with Crippen LogP contribution in [0.1, 0.15) is 25.8 Å². The second-order valence-corrected chi connectivity index (χ2v) is 3.83. The maximum absolute atomic E-state index is 13.0. The number of anilines is 1. The van der Waals surface area contributed by atoms with Gasteiger partial charge in [-0.2, -0.15) is 0 Å². The van der Waals surface area contributed by atoms with Crippen LogP contribution < -0.4 is 5.32 Å². The van der Waals surface area contributed by atoms with E-state index >= 15 is 0 Å². The van der Waals surface area contributed by atoms with E-state index in [0.717, 1.165) is 11.3 Å². The third kappa shape index (κ3) is 1.05. The molecule has 1 aromatic rings. The lowest BCUT2D eigenvalue weighted by molar-refractivity contribution is -0.120. The maximum atomic E-state index is 13.0. The molecule has 0 aromatic heterocycles. The summed E-state index contributed by atoms with van der Waals surface area (Å²) in [6, 6.07) is 4.42. The van der Waals surface area contributed by atoms with Crippen molar-refractivity contribution in [2.75, 3.05) is 5.32 Å². The summed E-state index contributed by atoms with van der Waals surface area (Å²) in [5.41, 5.74) is 0.933. The van der Waals surface area contributed by atoms with Crippen LogP contribution in [-0.2, 0) is 10.2 Å². The molecule has 3 heteroatoms. The van der Waals surface area contributed by atoms with Crippen molar-refractivity contribution in [1.82, 2.24) is 0 Å². The Bertz CT molecular complexity index is 402. The van der Waals surface area contributed by atoms with Crippen molar-refractivity contribution in [2.45, 2.75) is 25.7 Å². The number of hydrogen-bond donors (Lipinski definition) is 1. The first-order chi connectivity index (χ1) is 6.58. The van der Waals surface area contributed by atoms with Crippen LogP contribution in [0, 0.1) is 5.82 Å². The summed E-state index contributed by atoms with van der Waals surface area (Å²) in [4.78, 5) is 11.7. The molecule has 0 spiro atoms. The average Bonchev–Trinajstić information content (AvgIpc) is 2.41. The van der Waals surface area contributed by atoms with Gasteiger partial charge in [-0.3, -0.25) is 4.79 Å². The molecule has 1 unspecified atom stereocenters. The van der Waals surface area contributed by atoms with E-state index in [9.17, 15) is 9.18 Å². The van der Waals surface area contributed by atoms with Gasteiger partial charge < -0.3 is 5.32 Å². The van der Waals surface area contributed by atoms with Crippen LogP contribution >= 0.6 is 0 Å². The van der Waals surface area contributed by atoms with Crippen LogP contribution in [0.5, 0.6) is 0 Å². The fraction of sp³-hybridized carbons (Fsp3) is 0.364. The molecule has 2 rings (SSSR count). The Kier molecular flexibility index (Phi) is 1.84. The average molecular weight is 193 g/mol. The molecule has 1 N–H and O–H groups in total. The molecule has 1 aliphatic heterocycles. The van der Waals surface area contributed by atoms with Gasteiger partial charge in [-0.25, -0.2) is 4.39 Å². The SMILES string of the molecule is CCC1(C)C(=O)Nc2ccc(F)cc21. The molecule has 1 aliphatic rings. The summed E-state index contributed by atoms with van der Waals surface area (Å²) in [5.74, 6) is -0.333. The zero-order chi connectivity index (χ0) is 10.3. The normalized spacial score (nSPS) is 24.6. The van der Waals surface area contributed by atoms with Crippen LogP contribution in [0.3, 0.4) is 0 Å². The molecule has 1 aromatic carbocycles. The smallest absolute Gasteiger partial charge is 0.234 e. The summed E-state index contributed by atoms with van der Waals surface area (Å²) in [7, 11) is 0. The summed E-state index contributed by atoms with van der Waals surface area (Å²) in [5, 5.41) is 2.76. The fourth-order valence-electron chi connectivity index (χ4n) is 1.82. The molecule has 0 saturated heterocycles. The molecule has 0 radical (unpaired) electrons. The van der Waals surface area contributed by atoms with E-state index in [-0.39, 0.29) is 11.7 Å². The zero-order valence-corrected chi connectivity index (χ0v) is 8.23. The highest BCUT2D eigenvalue weighted by Gasteiger charge is 2.41. The summed E-state index contributed by atoms with van der Waals surface area (Å²) in [6.07, 6.45) is 0.676. The molecule has 14 heavy (non-hydrogen) atoms. The van der Waals surface area contributed by atoms with Crippen LogP contribution in [0.25, 0.3) is 0 Å². The van der Waals surface area contributed by atoms with E-state index in [2.05, 4.69) is 5.32 Å². The predicted octanol–water partition coefficient (Wildman–Crippen LogP) is 2.45. The zero-order valence-electron chi connectivity index (χ0n) is 8.23. The number of hydrogen-bond acceptors (Lipinski definition) is 1. The molecule has 0 fully saturated rings. The molecule has 1 atom stereocenters. The van der Waals surface area contributed by atoms with Crippen molar-refractivity contribution < 1.29 is 9.18 Å². The largest absolute Gasteiger partial charge is 0.325 e. The van der Waals surface area contributed by atoms with Gasteiger partial charge in [0.2, 0.25) is 5.91 Å². The van der Waals surface area contributed by atoms with Gasteiger partial charge >= 0.3 is 0 Å². The third-order valence-corrected chi connectivity index (χ3v) is 3.03.